The number of rotatable bonds is 7. The van der Waals surface area contributed by atoms with Crippen molar-refractivity contribution in [1.82, 2.24) is 25.1 Å². The Morgan fingerprint density at radius 1 is 1.06 bits per heavy atom. The number of nitrogens with two attached hydrogens (primary N) is 1. The zero-order chi connectivity index (χ0) is 23.3. The summed E-state index contributed by atoms with van der Waals surface area (Å²) in [5.41, 5.74) is 7.51. The Morgan fingerprint density at radius 3 is 2.42 bits per heavy atom. The van der Waals surface area contributed by atoms with Crippen LogP contribution in [0.3, 0.4) is 0 Å². The standard InChI is InChI=1S/C24H29N7O2/c1-18-10-6-7-13-20(18)26-22(33)24(14-8-3-9-15-24)30(16-19-11-4-2-5-12-19)21(32)17-31-23(25)27-28-29-31/h2,4-7,10-13H,3,8-9,14-17H2,1H3,(H,26,33)(H2,25,27,29). The molecule has 9 heteroatoms. The van der Waals surface area contributed by atoms with E-state index < -0.39 is 5.54 Å². The molecule has 2 amide bonds. The van der Waals surface area contributed by atoms with Crippen LogP contribution in [-0.2, 0) is 22.7 Å². The number of anilines is 2. The molecular formula is C24H29N7O2. The van der Waals surface area contributed by atoms with Gasteiger partial charge in [-0.25, -0.2) is 4.68 Å². The highest BCUT2D eigenvalue weighted by atomic mass is 16.2. The molecule has 1 aromatic heterocycles. The van der Waals surface area contributed by atoms with Crippen LogP contribution in [0.2, 0.25) is 0 Å². The summed E-state index contributed by atoms with van der Waals surface area (Å²) in [6.45, 7) is 2.13. The normalized spacial score (nSPS) is 15.1. The van der Waals surface area contributed by atoms with Crippen LogP contribution in [-0.4, -0.2) is 42.5 Å². The molecule has 1 aliphatic carbocycles. The van der Waals surface area contributed by atoms with E-state index in [4.69, 9.17) is 5.73 Å². The predicted molar refractivity (Wildman–Crippen MR) is 125 cm³/mol. The van der Waals surface area contributed by atoms with Gasteiger partial charge in [0.05, 0.1) is 0 Å². The fraction of sp³-hybridized carbons (Fsp3) is 0.375. The van der Waals surface area contributed by atoms with E-state index in [1.165, 1.54) is 4.68 Å². The summed E-state index contributed by atoms with van der Waals surface area (Å²) in [6.07, 6.45) is 3.95. The molecule has 0 bridgehead atoms. The summed E-state index contributed by atoms with van der Waals surface area (Å²) >= 11 is 0. The number of tetrazole rings is 1. The molecule has 0 spiro atoms. The number of amides is 2. The highest BCUT2D eigenvalue weighted by molar-refractivity contribution is 6.01. The van der Waals surface area contributed by atoms with Crippen LogP contribution in [0.15, 0.2) is 54.6 Å². The first kappa shape index (κ1) is 22.4. The van der Waals surface area contributed by atoms with E-state index in [1.54, 1.807) is 4.90 Å². The van der Waals surface area contributed by atoms with E-state index in [0.29, 0.717) is 19.4 Å². The van der Waals surface area contributed by atoms with Crippen LogP contribution in [0.5, 0.6) is 0 Å². The minimum atomic E-state index is -0.976. The lowest BCUT2D eigenvalue weighted by Crippen LogP contribution is -2.60. The molecule has 2 aromatic carbocycles. The number of benzene rings is 2. The Hall–Kier alpha value is -3.75. The highest BCUT2D eigenvalue weighted by Gasteiger charge is 2.47. The maximum absolute atomic E-state index is 13.9. The molecular weight excluding hydrogens is 418 g/mol. The lowest BCUT2D eigenvalue weighted by molar-refractivity contribution is -0.149. The number of carbonyl (C=O) groups is 2. The van der Waals surface area contributed by atoms with E-state index in [1.807, 2.05) is 61.5 Å². The van der Waals surface area contributed by atoms with Gasteiger partial charge in [0.1, 0.15) is 12.1 Å². The molecule has 4 rings (SSSR count). The Balaban J connectivity index is 1.70. The number of para-hydroxylation sites is 1. The Bertz CT molecular complexity index is 1110. The number of aryl methyl sites for hydroxylation is 1. The lowest BCUT2D eigenvalue weighted by Gasteiger charge is -2.45. The molecule has 172 valence electrons. The number of nitrogen functional groups attached to an aromatic ring is 1. The van der Waals surface area contributed by atoms with Gasteiger partial charge in [-0.15, -0.1) is 0 Å². The zero-order valence-corrected chi connectivity index (χ0v) is 18.8. The van der Waals surface area contributed by atoms with Crippen LogP contribution < -0.4 is 11.1 Å². The first-order valence-corrected chi connectivity index (χ1v) is 11.2. The summed E-state index contributed by atoms with van der Waals surface area (Å²) in [5.74, 6) is -0.352. The average Bonchev–Trinajstić information content (AvgIpc) is 3.24. The smallest absolute Gasteiger partial charge is 0.250 e. The molecule has 0 saturated heterocycles. The number of carbonyl (C=O) groups excluding carboxylic acids is 2. The third kappa shape index (κ3) is 4.87. The molecule has 1 aliphatic rings. The number of nitrogens with one attached hydrogen (secondary N) is 1. The van der Waals surface area contributed by atoms with Crippen molar-refractivity contribution in [2.75, 3.05) is 11.1 Å². The summed E-state index contributed by atoms with van der Waals surface area (Å²) in [4.78, 5) is 29.2. The maximum atomic E-state index is 13.9. The van der Waals surface area contributed by atoms with Gasteiger partial charge in [-0.05, 0) is 47.4 Å². The highest BCUT2D eigenvalue weighted by Crippen LogP contribution is 2.37. The SMILES string of the molecule is Cc1ccccc1NC(=O)C1(N(Cc2ccccc2)C(=O)Cn2nnnc2N)CCCCC1. The van der Waals surface area contributed by atoms with Crippen molar-refractivity contribution in [3.05, 3.63) is 65.7 Å². The molecule has 3 N–H and O–H groups in total. The summed E-state index contributed by atoms with van der Waals surface area (Å²) in [6, 6.07) is 17.4. The van der Waals surface area contributed by atoms with Gasteiger partial charge < -0.3 is 16.0 Å². The van der Waals surface area contributed by atoms with Crippen LogP contribution in [0.1, 0.15) is 43.2 Å². The number of hydrogen-bond donors (Lipinski definition) is 2. The second kappa shape index (κ2) is 9.81. The first-order valence-electron chi connectivity index (χ1n) is 11.2. The molecule has 0 atom stereocenters. The van der Waals surface area contributed by atoms with Crippen molar-refractivity contribution in [3.63, 3.8) is 0 Å². The van der Waals surface area contributed by atoms with Crippen molar-refractivity contribution in [1.29, 1.82) is 0 Å². The molecule has 0 radical (unpaired) electrons. The molecule has 0 aliphatic heterocycles. The van der Waals surface area contributed by atoms with Crippen molar-refractivity contribution < 1.29 is 9.59 Å². The number of nitrogens with zero attached hydrogens (tertiary/aromatic N) is 5. The fourth-order valence-corrected chi connectivity index (χ4v) is 4.49. The minimum absolute atomic E-state index is 0.0602. The topological polar surface area (TPSA) is 119 Å². The van der Waals surface area contributed by atoms with Gasteiger partial charge >= 0.3 is 0 Å². The largest absolute Gasteiger partial charge is 0.367 e. The summed E-state index contributed by atoms with van der Waals surface area (Å²) in [7, 11) is 0. The molecule has 0 unspecified atom stereocenters. The molecule has 1 saturated carbocycles. The van der Waals surface area contributed by atoms with Gasteiger partial charge in [0, 0.05) is 12.2 Å². The molecule has 9 nitrogen and oxygen atoms in total. The Morgan fingerprint density at radius 2 is 1.76 bits per heavy atom. The van der Waals surface area contributed by atoms with Crippen molar-refractivity contribution in [3.8, 4) is 0 Å². The third-order valence-electron chi connectivity index (χ3n) is 6.34. The third-order valence-corrected chi connectivity index (χ3v) is 6.34. The Labute approximate surface area is 193 Å². The second-order valence-electron chi connectivity index (χ2n) is 8.52. The van der Waals surface area contributed by atoms with Gasteiger partial charge in [0.25, 0.3) is 0 Å². The molecule has 33 heavy (non-hydrogen) atoms. The quantitative estimate of drug-likeness (QED) is 0.575. The van der Waals surface area contributed by atoms with Crippen molar-refractivity contribution in [2.45, 2.75) is 57.7 Å². The molecule has 3 aromatic rings. The van der Waals surface area contributed by atoms with Gasteiger partial charge in [0.2, 0.25) is 17.8 Å². The van der Waals surface area contributed by atoms with E-state index in [0.717, 1.165) is 36.1 Å². The van der Waals surface area contributed by atoms with E-state index >= 15 is 0 Å². The lowest BCUT2D eigenvalue weighted by atomic mass is 9.78. The molecule has 1 heterocycles. The second-order valence-corrected chi connectivity index (χ2v) is 8.52. The number of aromatic nitrogens is 4. The van der Waals surface area contributed by atoms with Gasteiger partial charge in [-0.1, -0.05) is 72.9 Å². The van der Waals surface area contributed by atoms with Crippen LogP contribution in [0.4, 0.5) is 11.6 Å². The molecule has 1 fully saturated rings. The maximum Gasteiger partial charge on any atom is 0.250 e. The van der Waals surface area contributed by atoms with Crippen molar-refractivity contribution >= 4 is 23.5 Å². The van der Waals surface area contributed by atoms with E-state index in [9.17, 15) is 9.59 Å². The minimum Gasteiger partial charge on any atom is -0.367 e. The first-order chi connectivity index (χ1) is 16.0. The van der Waals surface area contributed by atoms with Crippen LogP contribution in [0, 0.1) is 6.92 Å². The van der Waals surface area contributed by atoms with E-state index in [2.05, 4.69) is 20.8 Å². The van der Waals surface area contributed by atoms with E-state index in [-0.39, 0.29) is 24.3 Å². The van der Waals surface area contributed by atoms with Gasteiger partial charge in [-0.3, -0.25) is 9.59 Å². The van der Waals surface area contributed by atoms with Crippen LogP contribution in [0.25, 0.3) is 0 Å². The monoisotopic (exact) mass is 447 g/mol. The Kier molecular flexibility index (Phi) is 6.67. The summed E-state index contributed by atoms with van der Waals surface area (Å²) in [5, 5.41) is 14.1. The zero-order valence-electron chi connectivity index (χ0n) is 18.8. The predicted octanol–water partition coefficient (Wildman–Crippen LogP) is 2.93. The average molecular weight is 448 g/mol. The van der Waals surface area contributed by atoms with Gasteiger partial charge in [-0.2, -0.15) is 0 Å². The van der Waals surface area contributed by atoms with Crippen LogP contribution >= 0.6 is 0 Å². The fourth-order valence-electron chi connectivity index (χ4n) is 4.49. The van der Waals surface area contributed by atoms with Crippen molar-refractivity contribution in [2.24, 2.45) is 0 Å². The van der Waals surface area contributed by atoms with Gasteiger partial charge in [0.15, 0.2) is 0 Å². The summed E-state index contributed by atoms with van der Waals surface area (Å²) < 4.78 is 1.26. The number of hydrogen-bond acceptors (Lipinski definition) is 6.